The minimum atomic E-state index is -0.562. The first-order valence-corrected chi connectivity index (χ1v) is 5.82. The Labute approximate surface area is 96.9 Å². The van der Waals surface area contributed by atoms with Gasteiger partial charge in [0.05, 0.1) is 19.3 Å². The largest absolute Gasteiger partial charge is 0.465 e. The Bertz CT molecular complexity index is 235. The monoisotopic (exact) mass is 230 g/mol. The first kappa shape index (κ1) is 13.4. The molecule has 0 aromatic rings. The lowest BCUT2D eigenvalue weighted by molar-refractivity contribution is -0.146. The highest BCUT2D eigenvalue weighted by molar-refractivity contribution is 5.75. The van der Waals surface area contributed by atoms with Crippen LogP contribution in [0.4, 0.5) is 0 Å². The summed E-state index contributed by atoms with van der Waals surface area (Å²) in [6, 6.07) is -0.260. The first-order chi connectivity index (χ1) is 7.54. The summed E-state index contributed by atoms with van der Waals surface area (Å²) in [6.45, 7) is 8.29. The van der Waals surface area contributed by atoms with Gasteiger partial charge in [0, 0.05) is 19.1 Å². The van der Waals surface area contributed by atoms with E-state index in [1.54, 1.807) is 6.92 Å². The van der Waals surface area contributed by atoms with Crippen molar-refractivity contribution in [3.05, 3.63) is 0 Å². The molecule has 0 bridgehead atoms. The zero-order chi connectivity index (χ0) is 12.1. The SMILES string of the molecule is CCOC(=O)C(N)CN1CC(C)OCC1C. The zero-order valence-corrected chi connectivity index (χ0v) is 10.3. The lowest BCUT2D eigenvalue weighted by Gasteiger charge is -2.37. The predicted molar refractivity (Wildman–Crippen MR) is 61.1 cm³/mol. The molecule has 0 amide bonds. The van der Waals surface area contributed by atoms with Gasteiger partial charge in [-0.1, -0.05) is 0 Å². The van der Waals surface area contributed by atoms with Crippen LogP contribution in [-0.4, -0.2) is 55.4 Å². The summed E-state index contributed by atoms with van der Waals surface area (Å²) in [5.41, 5.74) is 5.78. The van der Waals surface area contributed by atoms with Crippen LogP contribution in [0.3, 0.4) is 0 Å². The van der Waals surface area contributed by atoms with E-state index in [1.807, 2.05) is 6.92 Å². The standard InChI is InChI=1S/C11H22N2O3/c1-4-15-11(14)10(12)6-13-5-9(3)16-7-8(13)2/h8-10H,4-7,12H2,1-3H3. The van der Waals surface area contributed by atoms with E-state index in [0.29, 0.717) is 25.8 Å². The second kappa shape index (κ2) is 6.18. The van der Waals surface area contributed by atoms with E-state index >= 15 is 0 Å². The van der Waals surface area contributed by atoms with Gasteiger partial charge in [-0.25, -0.2) is 0 Å². The summed E-state index contributed by atoms with van der Waals surface area (Å²) in [4.78, 5) is 13.6. The lowest BCUT2D eigenvalue weighted by Crippen LogP contribution is -2.53. The van der Waals surface area contributed by atoms with Gasteiger partial charge in [-0.15, -0.1) is 0 Å². The number of hydrogen-bond acceptors (Lipinski definition) is 5. The Balaban J connectivity index is 2.42. The molecule has 0 aromatic heterocycles. The Morgan fingerprint density at radius 3 is 2.94 bits per heavy atom. The fourth-order valence-electron chi connectivity index (χ4n) is 1.80. The Morgan fingerprint density at radius 1 is 1.62 bits per heavy atom. The van der Waals surface area contributed by atoms with Crippen molar-refractivity contribution >= 4 is 5.97 Å². The molecule has 1 fully saturated rings. The molecule has 0 spiro atoms. The Hall–Kier alpha value is -0.650. The smallest absolute Gasteiger partial charge is 0.324 e. The number of morpholine rings is 1. The van der Waals surface area contributed by atoms with Crippen molar-refractivity contribution in [2.24, 2.45) is 5.73 Å². The van der Waals surface area contributed by atoms with E-state index in [2.05, 4.69) is 11.8 Å². The van der Waals surface area contributed by atoms with Gasteiger partial charge in [0.1, 0.15) is 6.04 Å². The topological polar surface area (TPSA) is 64.8 Å². The van der Waals surface area contributed by atoms with E-state index in [1.165, 1.54) is 0 Å². The molecule has 16 heavy (non-hydrogen) atoms. The Morgan fingerprint density at radius 2 is 2.31 bits per heavy atom. The number of ether oxygens (including phenoxy) is 2. The molecule has 0 saturated carbocycles. The molecular weight excluding hydrogens is 208 g/mol. The van der Waals surface area contributed by atoms with Gasteiger partial charge in [0.15, 0.2) is 0 Å². The van der Waals surface area contributed by atoms with Crippen LogP contribution in [0.2, 0.25) is 0 Å². The van der Waals surface area contributed by atoms with Crippen LogP contribution in [-0.2, 0) is 14.3 Å². The van der Waals surface area contributed by atoms with Gasteiger partial charge in [0.2, 0.25) is 0 Å². The summed E-state index contributed by atoms with van der Waals surface area (Å²) >= 11 is 0. The maximum absolute atomic E-state index is 11.4. The molecule has 2 N–H and O–H groups in total. The van der Waals surface area contributed by atoms with Gasteiger partial charge in [-0.05, 0) is 20.8 Å². The minimum absolute atomic E-state index is 0.200. The number of rotatable bonds is 4. The predicted octanol–water partition coefficient (Wildman–Crippen LogP) is -0.0140. The number of hydrogen-bond donors (Lipinski definition) is 1. The van der Waals surface area contributed by atoms with Crippen molar-refractivity contribution in [1.82, 2.24) is 4.90 Å². The van der Waals surface area contributed by atoms with Crippen molar-refractivity contribution < 1.29 is 14.3 Å². The molecule has 1 aliphatic rings. The van der Waals surface area contributed by atoms with Gasteiger partial charge >= 0.3 is 5.97 Å². The van der Waals surface area contributed by atoms with E-state index in [-0.39, 0.29) is 12.1 Å². The summed E-state index contributed by atoms with van der Waals surface area (Å²) in [6.07, 6.45) is 0.200. The fraction of sp³-hybridized carbons (Fsp3) is 0.909. The van der Waals surface area contributed by atoms with E-state index < -0.39 is 6.04 Å². The number of nitrogens with two attached hydrogens (primary N) is 1. The molecule has 1 heterocycles. The second-order valence-electron chi connectivity index (χ2n) is 4.31. The van der Waals surface area contributed by atoms with E-state index in [9.17, 15) is 4.79 Å². The van der Waals surface area contributed by atoms with Crippen LogP contribution in [0.25, 0.3) is 0 Å². The van der Waals surface area contributed by atoms with Gasteiger partial charge in [-0.2, -0.15) is 0 Å². The van der Waals surface area contributed by atoms with Crippen LogP contribution in [0.5, 0.6) is 0 Å². The van der Waals surface area contributed by atoms with Crippen molar-refractivity contribution in [1.29, 1.82) is 0 Å². The molecule has 0 aromatic carbocycles. The van der Waals surface area contributed by atoms with Crippen LogP contribution < -0.4 is 5.73 Å². The van der Waals surface area contributed by atoms with Gasteiger partial charge in [-0.3, -0.25) is 9.69 Å². The van der Waals surface area contributed by atoms with Crippen LogP contribution in [0.15, 0.2) is 0 Å². The number of nitrogens with zero attached hydrogens (tertiary/aromatic N) is 1. The van der Waals surface area contributed by atoms with Crippen molar-refractivity contribution in [3.8, 4) is 0 Å². The first-order valence-electron chi connectivity index (χ1n) is 5.82. The highest BCUT2D eigenvalue weighted by Gasteiger charge is 2.27. The zero-order valence-electron chi connectivity index (χ0n) is 10.3. The molecule has 0 radical (unpaired) electrons. The normalized spacial score (nSPS) is 28.8. The summed E-state index contributed by atoms with van der Waals surface area (Å²) in [5, 5.41) is 0. The van der Waals surface area contributed by atoms with Crippen molar-refractivity contribution in [3.63, 3.8) is 0 Å². The third-order valence-electron chi connectivity index (χ3n) is 2.76. The Kier molecular flexibility index (Phi) is 5.18. The van der Waals surface area contributed by atoms with Crippen molar-refractivity contribution in [2.45, 2.75) is 39.0 Å². The maximum atomic E-state index is 11.4. The van der Waals surface area contributed by atoms with Crippen LogP contribution in [0, 0.1) is 0 Å². The molecule has 1 aliphatic heterocycles. The third-order valence-corrected chi connectivity index (χ3v) is 2.76. The summed E-state index contributed by atoms with van der Waals surface area (Å²) < 4.78 is 10.4. The highest BCUT2D eigenvalue weighted by Crippen LogP contribution is 2.11. The van der Waals surface area contributed by atoms with E-state index in [0.717, 1.165) is 6.54 Å². The summed E-state index contributed by atoms with van der Waals surface area (Å²) in [7, 11) is 0. The molecule has 1 saturated heterocycles. The fourth-order valence-corrected chi connectivity index (χ4v) is 1.80. The third kappa shape index (κ3) is 3.73. The average molecular weight is 230 g/mol. The number of carbonyl (C=O) groups excluding carboxylic acids is 1. The van der Waals surface area contributed by atoms with Gasteiger partial charge in [0.25, 0.3) is 0 Å². The molecule has 5 heteroatoms. The highest BCUT2D eigenvalue weighted by atomic mass is 16.5. The van der Waals surface area contributed by atoms with Crippen LogP contribution >= 0.6 is 0 Å². The van der Waals surface area contributed by atoms with Crippen LogP contribution in [0.1, 0.15) is 20.8 Å². The number of esters is 1. The minimum Gasteiger partial charge on any atom is -0.465 e. The quantitative estimate of drug-likeness (QED) is 0.688. The molecular formula is C11H22N2O3. The maximum Gasteiger partial charge on any atom is 0.324 e. The molecule has 0 aliphatic carbocycles. The lowest BCUT2D eigenvalue weighted by atomic mass is 10.1. The molecule has 3 atom stereocenters. The molecule has 1 rings (SSSR count). The summed E-state index contributed by atoms with van der Waals surface area (Å²) in [5.74, 6) is -0.325. The van der Waals surface area contributed by atoms with E-state index in [4.69, 9.17) is 15.2 Å². The number of carbonyl (C=O) groups is 1. The van der Waals surface area contributed by atoms with Crippen molar-refractivity contribution in [2.75, 3.05) is 26.3 Å². The second-order valence-corrected chi connectivity index (χ2v) is 4.31. The average Bonchev–Trinajstić information content (AvgIpc) is 2.23. The van der Waals surface area contributed by atoms with Gasteiger partial charge < -0.3 is 15.2 Å². The molecule has 3 unspecified atom stereocenters. The molecule has 94 valence electrons. The molecule has 5 nitrogen and oxygen atoms in total.